The Bertz CT molecular complexity index is 1080. The van der Waals surface area contributed by atoms with Gasteiger partial charge in [0.15, 0.2) is 0 Å². The van der Waals surface area contributed by atoms with E-state index in [1.54, 1.807) is 18.2 Å². The zero-order chi connectivity index (χ0) is 25.0. The summed E-state index contributed by atoms with van der Waals surface area (Å²) >= 11 is 0. The Morgan fingerprint density at radius 3 is 2.67 bits per heavy atom. The van der Waals surface area contributed by atoms with E-state index in [-0.39, 0.29) is 23.3 Å². The third-order valence-corrected chi connectivity index (χ3v) is 7.95. The maximum atomic E-state index is 13.5. The summed E-state index contributed by atoms with van der Waals surface area (Å²) in [6, 6.07) is 12.9. The van der Waals surface area contributed by atoms with Crippen LogP contribution in [-0.2, 0) is 4.74 Å². The number of likely N-dealkylation sites (tertiary alicyclic amines) is 1. The number of nitrogen functional groups attached to an aromatic ring is 1. The number of fused-ring (bicyclic) bond motifs is 2. The van der Waals surface area contributed by atoms with E-state index in [1.807, 2.05) is 34.1 Å². The number of aromatic nitrogens is 1. The summed E-state index contributed by atoms with van der Waals surface area (Å²) in [5, 5.41) is 0. The fraction of sp³-hybridized carbons (Fsp3) is 0.536. The lowest BCUT2D eigenvalue weighted by Crippen LogP contribution is -2.46. The van der Waals surface area contributed by atoms with Crippen LogP contribution in [0.4, 0.5) is 5.82 Å². The summed E-state index contributed by atoms with van der Waals surface area (Å²) in [4.78, 5) is 34.5. The molecule has 2 fully saturated rings. The first kappa shape index (κ1) is 24.6. The Balaban J connectivity index is 1.32. The van der Waals surface area contributed by atoms with Crippen LogP contribution in [0.25, 0.3) is 0 Å². The summed E-state index contributed by atoms with van der Waals surface area (Å²) in [5.74, 6) is 0.943. The minimum Gasteiger partial charge on any atom is -0.492 e. The normalized spacial score (nSPS) is 22.9. The number of ether oxygens (including phenoxy) is 2. The van der Waals surface area contributed by atoms with Gasteiger partial charge in [0.05, 0.1) is 24.8 Å². The molecule has 3 aliphatic heterocycles. The van der Waals surface area contributed by atoms with E-state index in [0.717, 1.165) is 51.5 Å². The number of carbonyl (C=O) groups is 2. The maximum Gasteiger partial charge on any atom is 0.272 e. The van der Waals surface area contributed by atoms with Crippen LogP contribution in [0.5, 0.6) is 5.75 Å². The zero-order valence-corrected chi connectivity index (χ0v) is 20.9. The second kappa shape index (κ2) is 10.9. The van der Waals surface area contributed by atoms with Crippen molar-refractivity contribution in [2.45, 2.75) is 51.0 Å². The lowest BCUT2D eigenvalue weighted by atomic mass is 9.75. The SMILES string of the molecule is Nc1cccc(C(=O)N2CCC3(CCCCOC[C@@H]4CCCN4C(=O)c4ccccc4OC3)CC2)n1. The Morgan fingerprint density at radius 2 is 1.83 bits per heavy atom. The second-order valence-corrected chi connectivity index (χ2v) is 10.4. The number of hydrogen-bond acceptors (Lipinski definition) is 6. The molecule has 2 saturated heterocycles. The minimum atomic E-state index is -0.0801. The van der Waals surface area contributed by atoms with Gasteiger partial charge in [0.25, 0.3) is 11.8 Å². The topological polar surface area (TPSA) is 98.0 Å². The van der Waals surface area contributed by atoms with Gasteiger partial charge >= 0.3 is 0 Å². The molecule has 4 heterocycles. The van der Waals surface area contributed by atoms with Crippen LogP contribution < -0.4 is 10.5 Å². The summed E-state index contributed by atoms with van der Waals surface area (Å²) in [7, 11) is 0. The highest BCUT2D eigenvalue weighted by molar-refractivity contribution is 5.97. The van der Waals surface area contributed by atoms with Crippen LogP contribution in [0.3, 0.4) is 0 Å². The number of carbonyl (C=O) groups excluding carboxylic acids is 2. The molecule has 5 rings (SSSR count). The molecule has 36 heavy (non-hydrogen) atoms. The summed E-state index contributed by atoms with van der Waals surface area (Å²) in [6.45, 7) is 3.88. The van der Waals surface area contributed by atoms with Crippen LogP contribution in [0.1, 0.15) is 65.8 Å². The molecule has 0 bridgehead atoms. The van der Waals surface area contributed by atoms with E-state index in [9.17, 15) is 9.59 Å². The van der Waals surface area contributed by atoms with Gasteiger partial charge in [-0.3, -0.25) is 9.59 Å². The third kappa shape index (κ3) is 5.33. The van der Waals surface area contributed by atoms with Crippen molar-refractivity contribution in [3.8, 4) is 5.75 Å². The number of nitrogens with zero attached hydrogens (tertiary/aromatic N) is 3. The Hall–Kier alpha value is -3.13. The molecule has 0 radical (unpaired) electrons. The predicted molar refractivity (Wildman–Crippen MR) is 137 cm³/mol. The molecule has 8 nitrogen and oxygen atoms in total. The molecule has 0 aliphatic carbocycles. The van der Waals surface area contributed by atoms with Crippen molar-refractivity contribution in [1.29, 1.82) is 0 Å². The van der Waals surface area contributed by atoms with Crippen molar-refractivity contribution in [3.05, 3.63) is 53.7 Å². The molecule has 8 heteroatoms. The second-order valence-electron chi connectivity index (χ2n) is 10.4. The fourth-order valence-electron chi connectivity index (χ4n) is 5.74. The largest absolute Gasteiger partial charge is 0.492 e. The van der Waals surface area contributed by atoms with Gasteiger partial charge in [-0.1, -0.05) is 24.6 Å². The molecule has 1 aromatic heterocycles. The smallest absolute Gasteiger partial charge is 0.272 e. The van der Waals surface area contributed by atoms with Gasteiger partial charge in [-0.25, -0.2) is 4.98 Å². The molecule has 192 valence electrons. The van der Waals surface area contributed by atoms with Gasteiger partial charge in [-0.05, 0) is 62.8 Å². The van der Waals surface area contributed by atoms with Crippen LogP contribution in [0.15, 0.2) is 42.5 Å². The minimum absolute atomic E-state index is 0.0258. The van der Waals surface area contributed by atoms with Gasteiger partial charge in [0, 0.05) is 31.7 Å². The van der Waals surface area contributed by atoms with Crippen LogP contribution in [-0.4, -0.2) is 72.1 Å². The van der Waals surface area contributed by atoms with Crippen molar-refractivity contribution in [2.24, 2.45) is 5.41 Å². The van der Waals surface area contributed by atoms with E-state index >= 15 is 0 Å². The summed E-state index contributed by atoms with van der Waals surface area (Å²) < 4.78 is 12.4. The molecule has 2 N–H and O–H groups in total. The van der Waals surface area contributed by atoms with Crippen LogP contribution in [0, 0.1) is 5.41 Å². The highest BCUT2D eigenvalue weighted by Gasteiger charge is 2.38. The Labute approximate surface area is 212 Å². The van der Waals surface area contributed by atoms with E-state index in [1.165, 1.54) is 0 Å². The standard InChI is InChI=1S/C28H36N4O4/c29-25-11-5-9-23(30-25)27(34)31-16-13-28(14-17-31)12-3-4-18-35-19-21-7-6-15-32(21)26(33)22-8-1-2-10-24(22)36-20-28/h1-2,5,8-11,21H,3-4,6-7,12-20H2,(H2,29,30)/t21-/m0/s1. The number of rotatable bonds is 1. The number of para-hydroxylation sites is 1. The molecular formula is C28H36N4O4. The third-order valence-electron chi connectivity index (χ3n) is 7.95. The predicted octanol–water partition coefficient (Wildman–Crippen LogP) is 3.77. The monoisotopic (exact) mass is 492 g/mol. The lowest BCUT2D eigenvalue weighted by molar-refractivity contribution is 0.0300. The first-order valence-corrected chi connectivity index (χ1v) is 13.2. The number of anilines is 1. The molecule has 0 unspecified atom stereocenters. The molecule has 2 aromatic rings. The maximum absolute atomic E-state index is 13.5. The molecule has 1 aromatic carbocycles. The van der Waals surface area contributed by atoms with Crippen molar-refractivity contribution < 1.29 is 19.1 Å². The van der Waals surface area contributed by atoms with Gasteiger partial charge in [0.1, 0.15) is 17.3 Å². The van der Waals surface area contributed by atoms with Gasteiger partial charge in [-0.2, -0.15) is 0 Å². The number of amides is 2. The summed E-state index contributed by atoms with van der Waals surface area (Å²) in [5.41, 5.74) is 6.73. The fourth-order valence-corrected chi connectivity index (χ4v) is 5.74. The number of hydrogen-bond donors (Lipinski definition) is 1. The van der Waals surface area contributed by atoms with Gasteiger partial charge < -0.3 is 25.0 Å². The lowest BCUT2D eigenvalue weighted by Gasteiger charge is -2.42. The van der Waals surface area contributed by atoms with Crippen LogP contribution in [0.2, 0.25) is 0 Å². The quantitative estimate of drug-likeness (QED) is 0.651. The number of pyridine rings is 1. The van der Waals surface area contributed by atoms with Gasteiger partial charge in [0.2, 0.25) is 0 Å². The first-order chi connectivity index (χ1) is 17.5. The Morgan fingerprint density at radius 1 is 1.00 bits per heavy atom. The first-order valence-electron chi connectivity index (χ1n) is 13.2. The Kier molecular flexibility index (Phi) is 7.41. The summed E-state index contributed by atoms with van der Waals surface area (Å²) in [6.07, 6.45) is 6.70. The number of nitrogens with two attached hydrogens (primary N) is 1. The van der Waals surface area contributed by atoms with Gasteiger partial charge in [-0.15, -0.1) is 0 Å². The highest BCUT2D eigenvalue weighted by atomic mass is 16.5. The molecule has 0 saturated carbocycles. The van der Waals surface area contributed by atoms with Crippen molar-refractivity contribution >= 4 is 17.6 Å². The molecule has 3 aliphatic rings. The van der Waals surface area contributed by atoms with E-state index in [4.69, 9.17) is 15.2 Å². The average Bonchev–Trinajstić information content (AvgIpc) is 3.37. The van der Waals surface area contributed by atoms with Crippen LogP contribution >= 0.6 is 0 Å². The van der Waals surface area contributed by atoms with E-state index in [2.05, 4.69) is 4.98 Å². The zero-order valence-electron chi connectivity index (χ0n) is 20.9. The number of piperidine rings is 1. The highest BCUT2D eigenvalue weighted by Crippen LogP contribution is 2.38. The van der Waals surface area contributed by atoms with Crippen molar-refractivity contribution in [1.82, 2.24) is 14.8 Å². The average molecular weight is 493 g/mol. The molecule has 1 spiro atoms. The van der Waals surface area contributed by atoms with Crippen molar-refractivity contribution in [2.75, 3.05) is 45.2 Å². The molecule has 1 atom stereocenters. The van der Waals surface area contributed by atoms with E-state index < -0.39 is 0 Å². The van der Waals surface area contributed by atoms with Crippen molar-refractivity contribution in [3.63, 3.8) is 0 Å². The van der Waals surface area contributed by atoms with E-state index in [0.29, 0.717) is 55.7 Å². The molecule has 2 amide bonds. The molecular weight excluding hydrogens is 456 g/mol. The number of benzene rings is 1.